The molecular formula is C13H16N4O3S. The number of nitro groups is 1. The molecule has 0 saturated heterocycles. The zero-order valence-corrected chi connectivity index (χ0v) is 12.5. The van der Waals surface area contributed by atoms with Gasteiger partial charge in [0.2, 0.25) is 0 Å². The molecule has 1 rings (SSSR count). The summed E-state index contributed by atoms with van der Waals surface area (Å²) in [7, 11) is 0. The first-order valence-electron chi connectivity index (χ1n) is 6.05. The molecule has 0 heterocycles. The van der Waals surface area contributed by atoms with Gasteiger partial charge in [0, 0.05) is 12.1 Å². The molecule has 0 unspecified atom stereocenters. The van der Waals surface area contributed by atoms with Crippen LogP contribution in [0.25, 0.3) is 0 Å². The smallest absolute Gasteiger partial charge is 0.285 e. The molecule has 0 aliphatic rings. The number of para-hydroxylation sites is 1. The Hall–Kier alpha value is -2.48. The van der Waals surface area contributed by atoms with Crippen molar-refractivity contribution in [3.63, 3.8) is 0 Å². The Labute approximate surface area is 127 Å². The second-order valence-electron chi connectivity index (χ2n) is 4.45. The Morgan fingerprint density at radius 1 is 1.43 bits per heavy atom. The van der Waals surface area contributed by atoms with Gasteiger partial charge in [-0.2, -0.15) is 0 Å². The zero-order chi connectivity index (χ0) is 16.0. The highest BCUT2D eigenvalue weighted by molar-refractivity contribution is 7.80. The number of hydrogen-bond donors (Lipinski definition) is 3. The number of nitrogens with zero attached hydrogens (tertiary/aromatic N) is 1. The summed E-state index contributed by atoms with van der Waals surface area (Å²) in [5.74, 6) is -0.634. The van der Waals surface area contributed by atoms with Crippen LogP contribution in [-0.2, 0) is 0 Å². The van der Waals surface area contributed by atoms with Crippen molar-refractivity contribution < 1.29 is 9.72 Å². The molecule has 7 nitrogen and oxygen atoms in total. The first-order chi connectivity index (χ1) is 9.82. The molecule has 0 radical (unpaired) electrons. The van der Waals surface area contributed by atoms with E-state index >= 15 is 0 Å². The molecule has 0 aliphatic carbocycles. The molecule has 112 valence electrons. The zero-order valence-electron chi connectivity index (χ0n) is 11.7. The molecule has 0 saturated carbocycles. The highest BCUT2D eigenvalue weighted by Gasteiger charge is 2.22. The summed E-state index contributed by atoms with van der Waals surface area (Å²) in [6, 6.07) is 4.53. The Bertz CT molecular complexity index is 601. The van der Waals surface area contributed by atoms with Crippen molar-refractivity contribution >= 4 is 28.9 Å². The molecule has 0 aromatic heterocycles. The average molecular weight is 308 g/mol. The van der Waals surface area contributed by atoms with Crippen LogP contribution in [-0.4, -0.2) is 22.5 Å². The van der Waals surface area contributed by atoms with E-state index in [4.69, 9.17) is 12.2 Å². The maximum absolute atomic E-state index is 12.0. The third kappa shape index (κ3) is 4.84. The lowest BCUT2D eigenvalue weighted by Crippen LogP contribution is -2.47. The number of aryl methyl sites for hydroxylation is 1. The first kappa shape index (κ1) is 16.6. The van der Waals surface area contributed by atoms with Crippen LogP contribution in [0, 0.1) is 17.0 Å². The predicted octanol–water partition coefficient (Wildman–Crippen LogP) is 1.59. The van der Waals surface area contributed by atoms with E-state index in [9.17, 15) is 14.9 Å². The summed E-state index contributed by atoms with van der Waals surface area (Å²) in [4.78, 5) is 22.4. The van der Waals surface area contributed by atoms with Crippen LogP contribution in [0.5, 0.6) is 0 Å². The van der Waals surface area contributed by atoms with Gasteiger partial charge in [-0.15, -0.1) is 0 Å². The van der Waals surface area contributed by atoms with Crippen LogP contribution < -0.4 is 16.2 Å². The van der Waals surface area contributed by atoms with Crippen molar-refractivity contribution in [2.24, 2.45) is 0 Å². The van der Waals surface area contributed by atoms with Crippen molar-refractivity contribution in [2.45, 2.75) is 13.8 Å². The van der Waals surface area contributed by atoms with E-state index in [2.05, 4.69) is 22.7 Å². The molecule has 0 spiro atoms. The van der Waals surface area contributed by atoms with E-state index in [1.54, 1.807) is 19.1 Å². The van der Waals surface area contributed by atoms with Crippen LogP contribution >= 0.6 is 12.2 Å². The third-order valence-corrected chi connectivity index (χ3v) is 2.75. The van der Waals surface area contributed by atoms with Crippen molar-refractivity contribution in [3.8, 4) is 0 Å². The largest absolute Gasteiger partial charge is 0.358 e. The van der Waals surface area contributed by atoms with Crippen LogP contribution in [0.4, 0.5) is 5.69 Å². The topological polar surface area (TPSA) is 96.3 Å². The quantitative estimate of drug-likeness (QED) is 0.338. The van der Waals surface area contributed by atoms with Gasteiger partial charge < -0.3 is 5.32 Å². The van der Waals surface area contributed by atoms with Gasteiger partial charge in [0.15, 0.2) is 5.11 Å². The van der Waals surface area contributed by atoms with Crippen LogP contribution in [0.1, 0.15) is 22.8 Å². The molecule has 1 amide bonds. The third-order valence-electron chi connectivity index (χ3n) is 2.51. The van der Waals surface area contributed by atoms with Gasteiger partial charge in [0.25, 0.3) is 11.6 Å². The Balaban J connectivity index is 2.73. The van der Waals surface area contributed by atoms with E-state index in [1.807, 2.05) is 6.92 Å². The number of rotatable bonds is 4. The number of hydrazine groups is 1. The second kappa shape index (κ2) is 7.34. The molecule has 21 heavy (non-hydrogen) atoms. The fraction of sp³-hybridized carbons (Fsp3) is 0.231. The number of amides is 1. The van der Waals surface area contributed by atoms with Gasteiger partial charge in [0.05, 0.1) is 4.92 Å². The standard InChI is InChI=1S/C13H16N4O3S/c1-8(2)7-14-13(21)16-15-12(18)10-6-4-5-9(3)11(10)17(19)20/h4-6H,1,7H2,2-3H3,(H,15,18)(H2,14,16,21). The van der Waals surface area contributed by atoms with Gasteiger partial charge in [-0.05, 0) is 32.1 Å². The van der Waals surface area contributed by atoms with Crippen molar-refractivity contribution in [1.82, 2.24) is 16.2 Å². The molecule has 1 aromatic carbocycles. The molecule has 0 fully saturated rings. The normalized spacial score (nSPS) is 9.62. The number of nitro benzene ring substituents is 1. The number of benzene rings is 1. The van der Waals surface area contributed by atoms with Gasteiger partial charge in [-0.1, -0.05) is 24.3 Å². The maximum atomic E-state index is 12.0. The van der Waals surface area contributed by atoms with E-state index in [0.29, 0.717) is 12.1 Å². The number of carbonyl (C=O) groups excluding carboxylic acids is 1. The molecule has 0 atom stereocenters. The first-order valence-corrected chi connectivity index (χ1v) is 6.46. The Morgan fingerprint density at radius 2 is 2.10 bits per heavy atom. The predicted molar refractivity (Wildman–Crippen MR) is 83.9 cm³/mol. The van der Waals surface area contributed by atoms with E-state index < -0.39 is 10.8 Å². The summed E-state index contributed by atoms with van der Waals surface area (Å²) >= 11 is 4.94. The van der Waals surface area contributed by atoms with Gasteiger partial charge in [-0.25, -0.2) is 0 Å². The highest BCUT2D eigenvalue weighted by Crippen LogP contribution is 2.22. The highest BCUT2D eigenvalue weighted by atomic mass is 32.1. The second-order valence-corrected chi connectivity index (χ2v) is 4.86. The Kier molecular flexibility index (Phi) is 5.79. The summed E-state index contributed by atoms with van der Waals surface area (Å²) in [5, 5.41) is 14.0. The molecule has 0 bridgehead atoms. The molecular weight excluding hydrogens is 292 g/mol. The maximum Gasteiger partial charge on any atom is 0.285 e. The minimum atomic E-state index is -0.634. The van der Waals surface area contributed by atoms with Gasteiger partial charge >= 0.3 is 0 Å². The molecule has 1 aromatic rings. The van der Waals surface area contributed by atoms with E-state index in [0.717, 1.165) is 5.57 Å². The van der Waals surface area contributed by atoms with Crippen LogP contribution in [0.3, 0.4) is 0 Å². The molecule has 3 N–H and O–H groups in total. The molecule has 0 aliphatic heterocycles. The summed E-state index contributed by atoms with van der Waals surface area (Å²) in [6.07, 6.45) is 0. The fourth-order valence-corrected chi connectivity index (χ4v) is 1.66. The Morgan fingerprint density at radius 3 is 2.67 bits per heavy atom. The monoisotopic (exact) mass is 308 g/mol. The van der Waals surface area contributed by atoms with Gasteiger partial charge in [0.1, 0.15) is 5.56 Å². The summed E-state index contributed by atoms with van der Waals surface area (Å²) in [6.45, 7) is 7.56. The lowest BCUT2D eigenvalue weighted by Gasteiger charge is -2.11. The van der Waals surface area contributed by atoms with E-state index in [-0.39, 0.29) is 16.4 Å². The number of thiocarbonyl (C=S) groups is 1. The SMILES string of the molecule is C=C(C)CNC(=S)NNC(=O)c1cccc(C)c1[N+](=O)[O-]. The number of carbonyl (C=O) groups is 1. The fourth-order valence-electron chi connectivity index (χ4n) is 1.54. The summed E-state index contributed by atoms with van der Waals surface area (Å²) < 4.78 is 0. The van der Waals surface area contributed by atoms with Crippen molar-refractivity contribution in [2.75, 3.05) is 6.54 Å². The van der Waals surface area contributed by atoms with Crippen molar-refractivity contribution in [1.29, 1.82) is 0 Å². The minimum absolute atomic E-state index is 0.0322. The van der Waals surface area contributed by atoms with Crippen LogP contribution in [0.15, 0.2) is 30.4 Å². The number of nitrogens with one attached hydrogen (secondary N) is 3. The summed E-state index contributed by atoms with van der Waals surface area (Å²) in [5.41, 5.74) is 5.83. The van der Waals surface area contributed by atoms with Gasteiger partial charge in [-0.3, -0.25) is 25.8 Å². The molecule has 8 heteroatoms. The lowest BCUT2D eigenvalue weighted by atomic mass is 10.1. The van der Waals surface area contributed by atoms with E-state index in [1.165, 1.54) is 6.07 Å². The van der Waals surface area contributed by atoms with Crippen LogP contribution in [0.2, 0.25) is 0 Å². The average Bonchev–Trinajstić information content (AvgIpc) is 2.41. The number of hydrogen-bond acceptors (Lipinski definition) is 4. The lowest BCUT2D eigenvalue weighted by molar-refractivity contribution is -0.385. The van der Waals surface area contributed by atoms with Crippen molar-refractivity contribution in [3.05, 3.63) is 51.6 Å². The minimum Gasteiger partial charge on any atom is -0.358 e.